The number of nitrogens with one attached hydrogen (secondary N) is 1. The third-order valence-electron chi connectivity index (χ3n) is 3.43. The van der Waals surface area contributed by atoms with Crippen molar-refractivity contribution in [3.05, 3.63) is 60.0 Å². The van der Waals surface area contributed by atoms with Crippen LogP contribution < -0.4 is 10.1 Å². The Morgan fingerprint density at radius 3 is 2.69 bits per heavy atom. The summed E-state index contributed by atoms with van der Waals surface area (Å²) < 4.78 is 5.51. The molecule has 0 aliphatic rings. The van der Waals surface area contributed by atoms with Crippen molar-refractivity contribution in [2.45, 2.75) is 11.3 Å². The predicted octanol–water partition coefficient (Wildman–Crippen LogP) is 3.88. The molecule has 0 spiro atoms. The van der Waals surface area contributed by atoms with Crippen LogP contribution in [0.25, 0.3) is 10.6 Å². The summed E-state index contributed by atoms with van der Waals surface area (Å²) in [7, 11) is 0. The highest BCUT2D eigenvalue weighted by molar-refractivity contribution is 7.99. The zero-order chi connectivity index (χ0) is 18.0. The van der Waals surface area contributed by atoms with Crippen molar-refractivity contribution in [2.75, 3.05) is 18.9 Å². The molecular formula is C19H19N3O2S2. The van der Waals surface area contributed by atoms with Crippen molar-refractivity contribution < 1.29 is 9.53 Å². The molecule has 0 aliphatic carbocycles. The maximum absolute atomic E-state index is 11.8. The van der Waals surface area contributed by atoms with Crippen molar-refractivity contribution in [1.29, 1.82) is 0 Å². The molecule has 1 amide bonds. The number of hydrogen-bond acceptors (Lipinski definition) is 6. The summed E-state index contributed by atoms with van der Waals surface area (Å²) in [6.45, 7) is 0.813. The third kappa shape index (κ3) is 5.86. The number of thioether (sulfide) groups is 1. The standard InChI is InChI=1S/C19H19N3O2S2/c23-18(10-14-25-15-5-2-1-3-6-15)20-11-12-24-19-9-8-16(21-22-19)17-7-4-13-26-17/h1-9,13H,10-12,14H2,(H,20,23). The smallest absolute Gasteiger partial charge is 0.233 e. The zero-order valence-electron chi connectivity index (χ0n) is 14.1. The van der Waals surface area contributed by atoms with Crippen LogP contribution in [0.5, 0.6) is 5.88 Å². The molecule has 0 aliphatic heterocycles. The van der Waals surface area contributed by atoms with Crippen LogP contribution in [0.3, 0.4) is 0 Å². The first kappa shape index (κ1) is 18.4. The van der Waals surface area contributed by atoms with E-state index in [9.17, 15) is 4.79 Å². The molecule has 3 aromatic rings. The summed E-state index contributed by atoms with van der Waals surface area (Å²) >= 11 is 3.29. The fraction of sp³-hybridized carbons (Fsp3) is 0.211. The number of carbonyl (C=O) groups excluding carboxylic acids is 1. The second kappa shape index (κ2) is 9.94. The van der Waals surface area contributed by atoms with Crippen molar-refractivity contribution >= 4 is 29.0 Å². The Balaban J connectivity index is 1.30. The van der Waals surface area contributed by atoms with Gasteiger partial charge in [-0.2, -0.15) is 0 Å². The summed E-state index contributed by atoms with van der Waals surface area (Å²) in [4.78, 5) is 14.1. The van der Waals surface area contributed by atoms with E-state index >= 15 is 0 Å². The number of thiophene rings is 1. The van der Waals surface area contributed by atoms with Crippen LogP contribution in [0.1, 0.15) is 6.42 Å². The Kier molecular flexibility index (Phi) is 7.04. The van der Waals surface area contributed by atoms with Gasteiger partial charge in [0.15, 0.2) is 0 Å². The number of ether oxygens (including phenoxy) is 1. The van der Waals surface area contributed by atoms with Crippen LogP contribution in [0.2, 0.25) is 0 Å². The zero-order valence-corrected chi connectivity index (χ0v) is 15.8. The third-order valence-corrected chi connectivity index (χ3v) is 5.34. The lowest BCUT2D eigenvalue weighted by molar-refractivity contribution is -0.120. The molecule has 0 fully saturated rings. The largest absolute Gasteiger partial charge is 0.475 e. The predicted molar refractivity (Wildman–Crippen MR) is 106 cm³/mol. The Morgan fingerprint density at radius 1 is 1.08 bits per heavy atom. The van der Waals surface area contributed by atoms with Crippen molar-refractivity contribution in [2.24, 2.45) is 0 Å². The summed E-state index contributed by atoms with van der Waals surface area (Å²) in [6.07, 6.45) is 0.481. The molecule has 0 bridgehead atoms. The van der Waals surface area contributed by atoms with Gasteiger partial charge < -0.3 is 10.1 Å². The van der Waals surface area contributed by atoms with Crippen LogP contribution in [-0.4, -0.2) is 35.0 Å². The van der Waals surface area contributed by atoms with Gasteiger partial charge in [-0.3, -0.25) is 4.79 Å². The Labute approximate surface area is 160 Å². The summed E-state index contributed by atoms with van der Waals surface area (Å²) in [5.41, 5.74) is 0.830. The first-order chi connectivity index (χ1) is 12.8. The Hall–Kier alpha value is -2.38. The number of rotatable bonds is 9. The molecule has 0 unspecified atom stereocenters. The molecule has 134 valence electrons. The van der Waals surface area contributed by atoms with E-state index in [-0.39, 0.29) is 5.91 Å². The lowest BCUT2D eigenvalue weighted by atomic mass is 10.3. The first-order valence-corrected chi connectivity index (χ1v) is 10.1. The van der Waals surface area contributed by atoms with Crippen LogP contribution in [0, 0.1) is 0 Å². The second-order valence-corrected chi connectivity index (χ2v) is 7.46. The van der Waals surface area contributed by atoms with Gasteiger partial charge in [-0.05, 0) is 29.6 Å². The van der Waals surface area contributed by atoms with E-state index in [0.29, 0.717) is 25.5 Å². The van der Waals surface area contributed by atoms with Crippen LogP contribution in [-0.2, 0) is 4.79 Å². The van der Waals surface area contributed by atoms with Gasteiger partial charge in [0.1, 0.15) is 12.3 Å². The molecule has 0 radical (unpaired) electrons. The first-order valence-electron chi connectivity index (χ1n) is 8.26. The molecule has 2 heterocycles. The quantitative estimate of drug-likeness (QED) is 0.447. The van der Waals surface area contributed by atoms with Crippen LogP contribution >= 0.6 is 23.1 Å². The highest BCUT2D eigenvalue weighted by Gasteiger charge is 2.04. The van der Waals surface area contributed by atoms with Crippen molar-refractivity contribution in [1.82, 2.24) is 15.5 Å². The monoisotopic (exact) mass is 385 g/mol. The minimum atomic E-state index is 0.0242. The maximum Gasteiger partial charge on any atom is 0.233 e. The topological polar surface area (TPSA) is 64.1 Å². The summed E-state index contributed by atoms with van der Waals surface area (Å²) in [6, 6.07) is 17.7. The van der Waals surface area contributed by atoms with E-state index in [2.05, 4.69) is 15.5 Å². The molecule has 1 aromatic carbocycles. The molecule has 26 heavy (non-hydrogen) atoms. The lowest BCUT2D eigenvalue weighted by Crippen LogP contribution is -2.28. The van der Waals surface area contributed by atoms with Crippen molar-refractivity contribution in [3.63, 3.8) is 0 Å². The molecular weight excluding hydrogens is 366 g/mol. The molecule has 5 nitrogen and oxygen atoms in total. The second-order valence-electron chi connectivity index (χ2n) is 5.34. The van der Waals surface area contributed by atoms with E-state index in [4.69, 9.17) is 4.74 Å². The van der Waals surface area contributed by atoms with Gasteiger partial charge in [0.25, 0.3) is 0 Å². The van der Waals surface area contributed by atoms with Gasteiger partial charge in [0.05, 0.1) is 11.4 Å². The van der Waals surface area contributed by atoms with E-state index in [1.54, 1.807) is 29.2 Å². The van der Waals surface area contributed by atoms with Gasteiger partial charge in [0.2, 0.25) is 11.8 Å². The number of benzene rings is 1. The summed E-state index contributed by atoms with van der Waals surface area (Å²) in [5.74, 6) is 1.24. The molecule has 7 heteroatoms. The van der Waals surface area contributed by atoms with Gasteiger partial charge in [-0.25, -0.2) is 0 Å². The van der Waals surface area contributed by atoms with E-state index in [1.807, 2.05) is 53.9 Å². The number of carbonyl (C=O) groups is 1. The van der Waals surface area contributed by atoms with Gasteiger partial charge in [-0.15, -0.1) is 33.3 Å². The fourth-order valence-electron chi connectivity index (χ4n) is 2.17. The van der Waals surface area contributed by atoms with Gasteiger partial charge in [-0.1, -0.05) is 24.3 Å². The molecule has 2 aromatic heterocycles. The van der Waals surface area contributed by atoms with E-state index in [1.165, 1.54) is 4.90 Å². The fourth-order valence-corrected chi connectivity index (χ4v) is 3.73. The van der Waals surface area contributed by atoms with E-state index in [0.717, 1.165) is 16.3 Å². The minimum Gasteiger partial charge on any atom is -0.475 e. The number of nitrogens with zero attached hydrogens (tertiary/aromatic N) is 2. The number of hydrogen-bond donors (Lipinski definition) is 1. The number of amides is 1. The number of aromatic nitrogens is 2. The van der Waals surface area contributed by atoms with Gasteiger partial charge in [0, 0.05) is 23.1 Å². The normalized spacial score (nSPS) is 10.5. The van der Waals surface area contributed by atoms with E-state index < -0.39 is 0 Å². The highest BCUT2D eigenvalue weighted by atomic mass is 32.2. The highest BCUT2D eigenvalue weighted by Crippen LogP contribution is 2.22. The molecule has 0 atom stereocenters. The summed E-state index contributed by atoms with van der Waals surface area (Å²) in [5, 5.41) is 13.1. The lowest BCUT2D eigenvalue weighted by Gasteiger charge is -2.07. The molecule has 3 rings (SSSR count). The SMILES string of the molecule is O=C(CCSc1ccccc1)NCCOc1ccc(-c2cccs2)nn1. The minimum absolute atomic E-state index is 0.0242. The van der Waals surface area contributed by atoms with Crippen molar-refractivity contribution in [3.8, 4) is 16.5 Å². The van der Waals surface area contributed by atoms with Gasteiger partial charge >= 0.3 is 0 Å². The molecule has 0 saturated heterocycles. The Morgan fingerprint density at radius 2 is 1.96 bits per heavy atom. The molecule has 0 saturated carbocycles. The average Bonchev–Trinajstić information content (AvgIpc) is 3.21. The van der Waals surface area contributed by atoms with Crippen LogP contribution in [0.15, 0.2) is 64.9 Å². The Bertz CT molecular complexity index is 793. The molecule has 1 N–H and O–H groups in total. The maximum atomic E-state index is 11.8. The average molecular weight is 386 g/mol. The van der Waals surface area contributed by atoms with Crippen LogP contribution in [0.4, 0.5) is 0 Å².